The molecule has 2 aromatic carbocycles. The van der Waals surface area contributed by atoms with E-state index in [9.17, 15) is 9.59 Å². The number of ether oxygens (including phenoxy) is 3. The van der Waals surface area contributed by atoms with Crippen molar-refractivity contribution in [3.63, 3.8) is 0 Å². The number of unbranched alkanes of at least 4 members (excludes halogenated alkanes) is 2. The van der Waals surface area contributed by atoms with Crippen LogP contribution in [0, 0.1) is 0 Å². The van der Waals surface area contributed by atoms with Crippen molar-refractivity contribution in [2.45, 2.75) is 39.2 Å². The quantitative estimate of drug-likeness (QED) is 0.281. The second-order valence-corrected chi connectivity index (χ2v) is 9.84. The van der Waals surface area contributed by atoms with E-state index in [0.29, 0.717) is 44.3 Å². The number of hydrogen-bond acceptors (Lipinski definition) is 7. The van der Waals surface area contributed by atoms with Gasteiger partial charge in [-0.3, -0.25) is 9.36 Å². The monoisotopic (exact) mass is 532 g/mol. The Kier molecular flexibility index (Phi) is 8.97. The molecule has 0 radical (unpaired) electrons. The molecule has 1 aliphatic heterocycles. The van der Waals surface area contributed by atoms with E-state index in [4.69, 9.17) is 14.2 Å². The molecule has 4 rings (SSSR count). The fourth-order valence-corrected chi connectivity index (χ4v) is 5.34. The smallest absolute Gasteiger partial charge is 0.338 e. The lowest BCUT2D eigenvalue weighted by molar-refractivity contribution is -0.136. The Labute approximate surface area is 226 Å². The molecule has 8 heteroatoms. The van der Waals surface area contributed by atoms with Crippen LogP contribution in [0.25, 0.3) is 12.2 Å². The van der Waals surface area contributed by atoms with Crippen molar-refractivity contribution < 1.29 is 19.0 Å². The van der Waals surface area contributed by atoms with Crippen molar-refractivity contribution in [2.24, 2.45) is 4.99 Å². The lowest BCUT2D eigenvalue weighted by Gasteiger charge is -2.25. The summed E-state index contributed by atoms with van der Waals surface area (Å²) in [7, 11) is 2.90. The van der Waals surface area contributed by atoms with Gasteiger partial charge < -0.3 is 14.2 Å². The van der Waals surface area contributed by atoms with Crippen LogP contribution < -0.4 is 24.4 Å². The Morgan fingerprint density at radius 2 is 1.89 bits per heavy atom. The van der Waals surface area contributed by atoms with Crippen LogP contribution in [0.4, 0.5) is 0 Å². The van der Waals surface area contributed by atoms with Gasteiger partial charge in [0.2, 0.25) is 0 Å². The summed E-state index contributed by atoms with van der Waals surface area (Å²) in [4.78, 5) is 31.7. The second kappa shape index (κ2) is 12.6. The molecule has 0 saturated heterocycles. The highest BCUT2D eigenvalue weighted by Crippen LogP contribution is 2.36. The molecule has 2 heterocycles. The standard InChI is InChI=1S/C30H32N2O5S/c1-5-6-10-18-37-23-17-16-22(19-24(23)35-3)27-26(29(34)36-4)20(2)31-30-32(27)28(33)25(38-30)15-11-14-21-12-8-7-9-13-21/h7-9,11-17,19,27H,5-6,10,18H2,1-4H3/b14-11+,25-15-. The molecule has 198 valence electrons. The van der Waals surface area contributed by atoms with Crippen molar-refractivity contribution in [1.29, 1.82) is 0 Å². The van der Waals surface area contributed by atoms with Gasteiger partial charge in [-0.25, -0.2) is 9.79 Å². The first-order valence-corrected chi connectivity index (χ1v) is 13.4. The number of aromatic nitrogens is 1. The number of benzene rings is 2. The summed E-state index contributed by atoms with van der Waals surface area (Å²) < 4.78 is 18.7. The van der Waals surface area contributed by atoms with Crippen LogP contribution in [0.3, 0.4) is 0 Å². The minimum atomic E-state index is -0.720. The van der Waals surface area contributed by atoms with E-state index < -0.39 is 12.0 Å². The summed E-state index contributed by atoms with van der Waals surface area (Å²) in [6.07, 6.45) is 8.70. The molecule has 0 aliphatic carbocycles. The SMILES string of the molecule is CCCCCOc1ccc(C2C(C(=O)OC)=C(C)N=c3s/c(=C\C=C\c4ccccc4)c(=O)n32)cc1OC. The van der Waals surface area contributed by atoms with E-state index in [1.807, 2.05) is 60.7 Å². The number of carbonyl (C=O) groups is 1. The zero-order valence-electron chi connectivity index (χ0n) is 22.1. The van der Waals surface area contributed by atoms with Crippen molar-refractivity contribution >= 4 is 29.5 Å². The number of fused-ring (bicyclic) bond motifs is 1. The van der Waals surface area contributed by atoms with Gasteiger partial charge in [-0.2, -0.15) is 0 Å². The third-order valence-corrected chi connectivity index (χ3v) is 7.27. The van der Waals surface area contributed by atoms with Crippen LogP contribution in [-0.2, 0) is 9.53 Å². The van der Waals surface area contributed by atoms with E-state index in [1.54, 1.807) is 24.7 Å². The minimum Gasteiger partial charge on any atom is -0.493 e. The van der Waals surface area contributed by atoms with Crippen LogP contribution in [0.15, 0.2) is 75.7 Å². The number of hydrogen-bond donors (Lipinski definition) is 0. The molecule has 1 atom stereocenters. The average Bonchev–Trinajstić information content (AvgIpc) is 3.24. The number of allylic oxidation sites excluding steroid dienone is 2. The van der Waals surface area contributed by atoms with Crippen molar-refractivity contribution in [3.05, 3.63) is 96.7 Å². The summed E-state index contributed by atoms with van der Waals surface area (Å²) in [5.74, 6) is 0.616. The number of nitrogens with zero attached hydrogens (tertiary/aromatic N) is 2. The third-order valence-electron chi connectivity index (χ3n) is 6.27. The summed E-state index contributed by atoms with van der Waals surface area (Å²) in [5.41, 5.74) is 2.31. The summed E-state index contributed by atoms with van der Waals surface area (Å²) in [6, 6.07) is 14.6. The number of methoxy groups -OCH3 is 2. The average molecular weight is 533 g/mol. The van der Waals surface area contributed by atoms with E-state index in [1.165, 1.54) is 18.4 Å². The molecule has 0 saturated carbocycles. The maximum Gasteiger partial charge on any atom is 0.338 e. The van der Waals surface area contributed by atoms with Crippen LogP contribution in [-0.4, -0.2) is 31.4 Å². The Morgan fingerprint density at radius 1 is 1.11 bits per heavy atom. The summed E-state index contributed by atoms with van der Waals surface area (Å²) >= 11 is 1.28. The highest BCUT2D eigenvalue weighted by molar-refractivity contribution is 7.07. The van der Waals surface area contributed by atoms with Gasteiger partial charge in [0.15, 0.2) is 16.3 Å². The van der Waals surface area contributed by atoms with E-state index in [0.717, 1.165) is 24.8 Å². The number of rotatable bonds is 10. The highest BCUT2D eigenvalue weighted by Gasteiger charge is 2.33. The fourth-order valence-electron chi connectivity index (χ4n) is 4.34. The zero-order chi connectivity index (χ0) is 27.1. The predicted octanol–water partition coefficient (Wildman–Crippen LogP) is 4.65. The van der Waals surface area contributed by atoms with Gasteiger partial charge in [0.25, 0.3) is 5.56 Å². The van der Waals surface area contributed by atoms with Crippen molar-refractivity contribution in [1.82, 2.24) is 4.57 Å². The van der Waals surface area contributed by atoms with Crippen LogP contribution in [0.5, 0.6) is 11.5 Å². The molecule has 38 heavy (non-hydrogen) atoms. The van der Waals surface area contributed by atoms with E-state index in [-0.39, 0.29) is 5.56 Å². The minimum absolute atomic E-state index is 0.232. The Balaban J connectivity index is 1.79. The maximum atomic E-state index is 13.6. The van der Waals surface area contributed by atoms with Gasteiger partial charge >= 0.3 is 5.97 Å². The van der Waals surface area contributed by atoms with Gasteiger partial charge in [-0.05, 0) is 42.7 Å². The van der Waals surface area contributed by atoms with Gasteiger partial charge in [0.1, 0.15) is 0 Å². The first kappa shape index (κ1) is 27.1. The maximum absolute atomic E-state index is 13.6. The highest BCUT2D eigenvalue weighted by atomic mass is 32.1. The molecule has 1 aliphatic rings. The largest absolute Gasteiger partial charge is 0.493 e. The Bertz CT molecular complexity index is 1530. The molecule has 0 amide bonds. The Morgan fingerprint density at radius 3 is 2.61 bits per heavy atom. The molecule has 0 N–H and O–H groups in total. The van der Waals surface area contributed by atoms with Crippen LogP contribution in [0.1, 0.15) is 50.3 Å². The number of thiazole rings is 1. The molecule has 1 unspecified atom stereocenters. The molecule has 0 spiro atoms. The first-order chi connectivity index (χ1) is 18.5. The van der Waals surface area contributed by atoms with Crippen LogP contribution >= 0.6 is 11.3 Å². The Hall–Kier alpha value is -3.91. The topological polar surface area (TPSA) is 79.1 Å². The summed E-state index contributed by atoms with van der Waals surface area (Å²) in [6.45, 7) is 4.49. The van der Waals surface area contributed by atoms with Gasteiger partial charge in [0.05, 0.1) is 42.7 Å². The molecule has 3 aromatic rings. The normalized spacial score (nSPS) is 15.4. The van der Waals surface area contributed by atoms with Gasteiger partial charge in [-0.15, -0.1) is 0 Å². The number of esters is 1. The first-order valence-electron chi connectivity index (χ1n) is 12.6. The van der Waals surface area contributed by atoms with Crippen molar-refractivity contribution in [2.75, 3.05) is 20.8 Å². The molecular formula is C30H32N2O5S. The molecule has 0 bridgehead atoms. The lowest BCUT2D eigenvalue weighted by Crippen LogP contribution is -2.39. The third kappa shape index (κ3) is 5.81. The fraction of sp³-hybridized carbons (Fsp3) is 0.300. The molecule has 0 fully saturated rings. The predicted molar refractivity (Wildman–Crippen MR) is 150 cm³/mol. The number of carbonyl (C=O) groups excluding carboxylic acids is 1. The lowest BCUT2D eigenvalue weighted by atomic mass is 9.95. The zero-order valence-corrected chi connectivity index (χ0v) is 22.9. The second-order valence-electron chi connectivity index (χ2n) is 8.83. The molecular weight excluding hydrogens is 500 g/mol. The molecule has 7 nitrogen and oxygen atoms in total. The van der Waals surface area contributed by atoms with Crippen molar-refractivity contribution in [3.8, 4) is 11.5 Å². The van der Waals surface area contributed by atoms with Gasteiger partial charge in [0, 0.05) is 0 Å². The van der Waals surface area contributed by atoms with E-state index in [2.05, 4.69) is 11.9 Å². The van der Waals surface area contributed by atoms with E-state index >= 15 is 0 Å². The summed E-state index contributed by atoms with van der Waals surface area (Å²) in [5, 5.41) is 0. The molecule has 1 aromatic heterocycles. The van der Waals surface area contributed by atoms with Crippen LogP contribution in [0.2, 0.25) is 0 Å². The van der Waals surface area contributed by atoms with Gasteiger partial charge in [-0.1, -0.05) is 79.7 Å².